The summed E-state index contributed by atoms with van der Waals surface area (Å²) in [6.45, 7) is 1.73. The van der Waals surface area contributed by atoms with Crippen LogP contribution in [-0.4, -0.2) is 4.98 Å². The number of aryl methyl sites for hydroxylation is 1. The molecule has 0 N–H and O–H groups in total. The van der Waals surface area contributed by atoms with Crippen LogP contribution in [0.1, 0.15) is 5.56 Å². The summed E-state index contributed by atoms with van der Waals surface area (Å²) in [6, 6.07) is 8.12. The van der Waals surface area contributed by atoms with E-state index in [1.54, 1.807) is 19.1 Å². The van der Waals surface area contributed by atoms with Crippen molar-refractivity contribution < 1.29 is 4.39 Å². The molecule has 1 aromatic carbocycles. The molecule has 1 heterocycles. The number of aromatic nitrogens is 1. The van der Waals surface area contributed by atoms with Crippen LogP contribution in [-0.2, 0) is 0 Å². The number of benzene rings is 1. The van der Waals surface area contributed by atoms with Crippen LogP contribution in [0.3, 0.4) is 0 Å². The first-order valence-electron chi connectivity index (χ1n) is 3.70. The Bertz CT molecular complexity index is 423. The van der Waals surface area contributed by atoms with Gasteiger partial charge in [0.2, 0.25) is 0 Å². The maximum atomic E-state index is 13.3. The first-order chi connectivity index (χ1) is 5.79. The first-order valence-corrected chi connectivity index (χ1v) is 3.70. The Labute approximate surface area is 69.9 Å². The fourth-order valence-corrected chi connectivity index (χ4v) is 1.16. The molecule has 0 aliphatic rings. The maximum Gasteiger partial charge on any atom is 0.152 e. The Morgan fingerprint density at radius 3 is 3.08 bits per heavy atom. The topological polar surface area (TPSA) is 12.9 Å². The molecule has 0 saturated heterocycles. The van der Waals surface area contributed by atoms with E-state index >= 15 is 0 Å². The van der Waals surface area contributed by atoms with Crippen LogP contribution in [0.15, 0.2) is 24.4 Å². The number of fused-ring (bicyclic) bond motifs is 1. The van der Waals surface area contributed by atoms with E-state index in [1.165, 1.54) is 6.20 Å². The molecule has 0 atom stereocenters. The van der Waals surface area contributed by atoms with E-state index in [1.807, 2.05) is 6.07 Å². The molecule has 0 amide bonds. The summed E-state index contributed by atoms with van der Waals surface area (Å²) in [5.74, 6) is -0.235. The van der Waals surface area contributed by atoms with Gasteiger partial charge in [0.1, 0.15) is 5.52 Å². The van der Waals surface area contributed by atoms with Crippen LogP contribution in [0, 0.1) is 18.8 Å². The lowest BCUT2D eigenvalue weighted by Gasteiger charge is -1.99. The van der Waals surface area contributed by atoms with Crippen LogP contribution in [0.2, 0.25) is 0 Å². The minimum absolute atomic E-state index is 0.235. The average molecular weight is 160 g/mol. The highest BCUT2D eigenvalue weighted by Crippen LogP contribution is 2.17. The van der Waals surface area contributed by atoms with Gasteiger partial charge in [0, 0.05) is 17.6 Å². The number of hydrogen-bond acceptors (Lipinski definition) is 1. The standard InChI is InChI=1S/C10H7FN/c1-7-4-5-8-3-2-6-12-10(8)9(7)11/h3-6H,1H3. The van der Waals surface area contributed by atoms with E-state index < -0.39 is 0 Å². The van der Waals surface area contributed by atoms with Crippen molar-refractivity contribution in [2.45, 2.75) is 6.92 Å². The third-order valence-electron chi connectivity index (χ3n) is 1.85. The summed E-state index contributed by atoms with van der Waals surface area (Å²) in [7, 11) is 0. The molecule has 0 spiro atoms. The van der Waals surface area contributed by atoms with E-state index in [9.17, 15) is 4.39 Å². The molecule has 2 aromatic rings. The molecule has 0 aliphatic carbocycles. The predicted molar refractivity (Wildman–Crippen MR) is 45.3 cm³/mol. The van der Waals surface area contributed by atoms with Crippen LogP contribution < -0.4 is 0 Å². The zero-order valence-electron chi connectivity index (χ0n) is 6.63. The van der Waals surface area contributed by atoms with Crippen molar-refractivity contribution in [2.24, 2.45) is 0 Å². The van der Waals surface area contributed by atoms with Gasteiger partial charge in [-0.15, -0.1) is 0 Å². The Morgan fingerprint density at radius 1 is 1.42 bits per heavy atom. The summed E-state index contributed by atoms with van der Waals surface area (Å²) in [4.78, 5) is 3.91. The van der Waals surface area contributed by atoms with Gasteiger partial charge < -0.3 is 0 Å². The van der Waals surface area contributed by atoms with Gasteiger partial charge in [-0.3, -0.25) is 4.98 Å². The summed E-state index contributed by atoms with van der Waals surface area (Å²) >= 11 is 0. The Morgan fingerprint density at radius 2 is 2.25 bits per heavy atom. The second kappa shape index (κ2) is 2.55. The second-order valence-corrected chi connectivity index (χ2v) is 2.70. The quantitative estimate of drug-likeness (QED) is 0.577. The summed E-state index contributed by atoms with van der Waals surface area (Å²) < 4.78 is 13.3. The van der Waals surface area contributed by atoms with Crippen molar-refractivity contribution in [1.29, 1.82) is 0 Å². The maximum absolute atomic E-state index is 13.3. The highest BCUT2D eigenvalue weighted by molar-refractivity contribution is 5.79. The normalized spacial score (nSPS) is 10.5. The molecule has 0 bridgehead atoms. The van der Waals surface area contributed by atoms with Crippen molar-refractivity contribution >= 4 is 10.9 Å². The lowest BCUT2D eigenvalue weighted by Crippen LogP contribution is -1.86. The van der Waals surface area contributed by atoms with Crippen molar-refractivity contribution in [1.82, 2.24) is 4.98 Å². The van der Waals surface area contributed by atoms with E-state index in [-0.39, 0.29) is 5.82 Å². The molecule has 12 heavy (non-hydrogen) atoms. The molecule has 59 valence electrons. The van der Waals surface area contributed by atoms with Crippen molar-refractivity contribution in [3.8, 4) is 0 Å². The number of rotatable bonds is 0. The molecule has 1 aromatic heterocycles. The Kier molecular flexibility index (Phi) is 1.54. The first kappa shape index (κ1) is 7.22. The Hall–Kier alpha value is -1.44. The highest BCUT2D eigenvalue weighted by atomic mass is 19.1. The molecular formula is C10H7FN. The van der Waals surface area contributed by atoms with Crippen LogP contribution >= 0.6 is 0 Å². The average Bonchev–Trinajstić information content (AvgIpc) is 2.12. The fourth-order valence-electron chi connectivity index (χ4n) is 1.16. The number of pyridine rings is 1. The van der Waals surface area contributed by atoms with Gasteiger partial charge in [-0.1, -0.05) is 12.1 Å². The smallest absolute Gasteiger partial charge is 0.152 e. The van der Waals surface area contributed by atoms with Gasteiger partial charge in [0.15, 0.2) is 5.82 Å². The minimum Gasteiger partial charge on any atom is -0.253 e. The summed E-state index contributed by atoms with van der Waals surface area (Å²) in [5.41, 5.74) is 1.05. The minimum atomic E-state index is -0.235. The molecule has 1 nitrogen and oxygen atoms in total. The summed E-state index contributed by atoms with van der Waals surface area (Å²) in [5, 5.41) is 0.792. The van der Waals surface area contributed by atoms with Crippen molar-refractivity contribution in [3.63, 3.8) is 0 Å². The van der Waals surface area contributed by atoms with Gasteiger partial charge in [-0.05, 0) is 18.6 Å². The van der Waals surface area contributed by atoms with Gasteiger partial charge >= 0.3 is 0 Å². The Balaban J connectivity index is 2.91. The molecule has 0 aliphatic heterocycles. The molecule has 2 heteroatoms. The number of hydrogen-bond donors (Lipinski definition) is 0. The lowest BCUT2D eigenvalue weighted by molar-refractivity contribution is 0.627. The van der Waals surface area contributed by atoms with Gasteiger partial charge in [-0.25, -0.2) is 4.39 Å². The molecule has 0 saturated carbocycles. The predicted octanol–water partition coefficient (Wildman–Crippen LogP) is 2.48. The molecule has 0 unspecified atom stereocenters. The summed E-state index contributed by atoms with van der Waals surface area (Å²) in [6.07, 6.45) is 1.48. The van der Waals surface area contributed by atoms with Crippen LogP contribution in [0.25, 0.3) is 10.9 Å². The fraction of sp³-hybridized carbons (Fsp3) is 0.100. The van der Waals surface area contributed by atoms with E-state index in [0.717, 1.165) is 5.39 Å². The zero-order chi connectivity index (χ0) is 8.55. The third kappa shape index (κ3) is 0.961. The lowest BCUT2D eigenvalue weighted by atomic mass is 10.1. The SMILES string of the molecule is Cc1ccc2c[c]cnc2c1F. The zero-order valence-corrected chi connectivity index (χ0v) is 6.63. The number of halogens is 1. The van der Waals surface area contributed by atoms with E-state index in [2.05, 4.69) is 11.1 Å². The molecular weight excluding hydrogens is 153 g/mol. The highest BCUT2D eigenvalue weighted by Gasteiger charge is 2.02. The van der Waals surface area contributed by atoms with Crippen molar-refractivity contribution in [3.05, 3.63) is 41.8 Å². The van der Waals surface area contributed by atoms with E-state index in [0.29, 0.717) is 11.1 Å². The van der Waals surface area contributed by atoms with E-state index in [4.69, 9.17) is 0 Å². The van der Waals surface area contributed by atoms with Gasteiger partial charge in [0.25, 0.3) is 0 Å². The van der Waals surface area contributed by atoms with Gasteiger partial charge in [0.05, 0.1) is 0 Å². The largest absolute Gasteiger partial charge is 0.253 e. The van der Waals surface area contributed by atoms with Crippen LogP contribution in [0.5, 0.6) is 0 Å². The number of nitrogens with zero attached hydrogens (tertiary/aromatic N) is 1. The molecule has 1 radical (unpaired) electrons. The third-order valence-corrected chi connectivity index (χ3v) is 1.85. The second-order valence-electron chi connectivity index (χ2n) is 2.70. The molecule has 0 fully saturated rings. The molecule has 2 rings (SSSR count). The van der Waals surface area contributed by atoms with Crippen molar-refractivity contribution in [2.75, 3.05) is 0 Å². The monoisotopic (exact) mass is 160 g/mol. The van der Waals surface area contributed by atoms with Crippen LogP contribution in [0.4, 0.5) is 4.39 Å². The van der Waals surface area contributed by atoms with Gasteiger partial charge in [-0.2, -0.15) is 0 Å².